The molecule has 0 fully saturated rings. The number of aryl methyl sites for hydroxylation is 1. The molecule has 7 nitrogen and oxygen atoms in total. The predicted octanol–water partition coefficient (Wildman–Crippen LogP) is 4.52. The van der Waals surface area contributed by atoms with Crippen molar-refractivity contribution in [3.8, 4) is 11.5 Å². The summed E-state index contributed by atoms with van der Waals surface area (Å²) in [5, 5.41) is 7.06. The topological polar surface area (TPSA) is 81.6 Å². The highest BCUT2D eigenvalue weighted by molar-refractivity contribution is 8.00. The van der Waals surface area contributed by atoms with Crippen molar-refractivity contribution in [2.45, 2.75) is 24.9 Å². The number of amides is 2. The quantitative estimate of drug-likeness (QED) is 0.330. The van der Waals surface area contributed by atoms with E-state index in [-0.39, 0.29) is 18.6 Å². The Labute approximate surface area is 213 Å². The zero-order valence-corrected chi connectivity index (χ0v) is 20.8. The largest absolute Gasteiger partial charge is 0.454 e. The first-order valence-electron chi connectivity index (χ1n) is 11.8. The first kappa shape index (κ1) is 23.8. The van der Waals surface area contributed by atoms with Gasteiger partial charge in [-0.1, -0.05) is 42.0 Å². The number of hydrogen-bond donors (Lipinski definition) is 2. The van der Waals surface area contributed by atoms with E-state index in [1.807, 2.05) is 61.5 Å². The van der Waals surface area contributed by atoms with Crippen molar-refractivity contribution in [3.05, 3.63) is 89.6 Å². The zero-order valence-electron chi connectivity index (χ0n) is 20.0. The van der Waals surface area contributed by atoms with Crippen LogP contribution in [0.3, 0.4) is 0 Å². The van der Waals surface area contributed by atoms with Crippen molar-refractivity contribution in [1.82, 2.24) is 15.2 Å². The third-order valence-electron chi connectivity index (χ3n) is 5.99. The van der Waals surface area contributed by atoms with Crippen molar-refractivity contribution in [2.24, 2.45) is 0 Å². The lowest BCUT2D eigenvalue weighted by Gasteiger charge is -2.08. The molecule has 1 aromatic heterocycles. The third kappa shape index (κ3) is 5.49. The van der Waals surface area contributed by atoms with Crippen LogP contribution in [0, 0.1) is 6.92 Å². The molecule has 0 radical (unpaired) electrons. The van der Waals surface area contributed by atoms with Crippen LogP contribution in [0.2, 0.25) is 0 Å². The molecule has 4 aromatic rings. The number of thioether (sulfide) groups is 1. The summed E-state index contributed by atoms with van der Waals surface area (Å²) in [7, 11) is 0. The molecule has 0 spiro atoms. The van der Waals surface area contributed by atoms with Gasteiger partial charge in [0.25, 0.3) is 5.91 Å². The van der Waals surface area contributed by atoms with E-state index in [4.69, 9.17) is 9.47 Å². The van der Waals surface area contributed by atoms with Gasteiger partial charge in [-0.15, -0.1) is 11.8 Å². The third-order valence-corrected chi connectivity index (χ3v) is 7.03. The maximum absolute atomic E-state index is 12.5. The zero-order chi connectivity index (χ0) is 24.9. The lowest BCUT2D eigenvalue weighted by atomic mass is 10.1. The van der Waals surface area contributed by atoms with Crippen LogP contribution in [-0.2, 0) is 17.9 Å². The Morgan fingerprint density at radius 1 is 0.972 bits per heavy atom. The molecule has 0 bridgehead atoms. The summed E-state index contributed by atoms with van der Waals surface area (Å²) in [4.78, 5) is 26.0. The summed E-state index contributed by atoms with van der Waals surface area (Å²) in [5.74, 6) is 1.62. The van der Waals surface area contributed by atoms with E-state index in [9.17, 15) is 9.59 Å². The maximum Gasteiger partial charge on any atom is 0.251 e. The van der Waals surface area contributed by atoms with E-state index in [0.717, 1.165) is 32.7 Å². The van der Waals surface area contributed by atoms with Crippen LogP contribution in [0.5, 0.6) is 11.5 Å². The number of aromatic nitrogens is 1. The molecule has 8 heteroatoms. The minimum atomic E-state index is -0.0832. The van der Waals surface area contributed by atoms with Gasteiger partial charge in [-0.25, -0.2) is 0 Å². The van der Waals surface area contributed by atoms with Crippen molar-refractivity contribution in [3.63, 3.8) is 0 Å². The van der Waals surface area contributed by atoms with Gasteiger partial charge in [0.2, 0.25) is 12.7 Å². The molecule has 0 saturated heterocycles. The Hall–Kier alpha value is -3.91. The Bertz CT molecular complexity index is 1400. The highest BCUT2D eigenvalue weighted by Crippen LogP contribution is 2.32. The maximum atomic E-state index is 12.5. The van der Waals surface area contributed by atoms with E-state index in [1.54, 1.807) is 0 Å². The number of ether oxygens (including phenoxy) is 2. The van der Waals surface area contributed by atoms with Gasteiger partial charge in [0.15, 0.2) is 11.5 Å². The van der Waals surface area contributed by atoms with Crippen molar-refractivity contribution < 1.29 is 19.1 Å². The number of rotatable bonds is 9. The molecule has 36 heavy (non-hydrogen) atoms. The monoisotopic (exact) mass is 501 g/mol. The average Bonchev–Trinajstić information content (AvgIpc) is 3.51. The highest BCUT2D eigenvalue weighted by Gasteiger charge is 2.14. The molecule has 0 aliphatic carbocycles. The van der Waals surface area contributed by atoms with Gasteiger partial charge in [0, 0.05) is 47.2 Å². The molecule has 184 valence electrons. The van der Waals surface area contributed by atoms with Crippen molar-refractivity contribution >= 4 is 34.5 Å². The summed E-state index contributed by atoms with van der Waals surface area (Å²) in [5.41, 5.74) is 3.81. The number of nitrogens with zero attached hydrogens (tertiary/aromatic N) is 1. The van der Waals surface area contributed by atoms with Crippen LogP contribution < -0.4 is 20.1 Å². The Morgan fingerprint density at radius 2 is 1.78 bits per heavy atom. The van der Waals surface area contributed by atoms with Gasteiger partial charge in [-0.2, -0.15) is 0 Å². The molecule has 1 aliphatic rings. The molecule has 0 saturated carbocycles. The number of benzene rings is 3. The Balaban J connectivity index is 1.16. The summed E-state index contributed by atoms with van der Waals surface area (Å²) >= 11 is 1.51. The second-order valence-electron chi connectivity index (χ2n) is 8.58. The van der Waals surface area contributed by atoms with E-state index in [2.05, 4.69) is 33.5 Å². The van der Waals surface area contributed by atoms with Crippen LogP contribution >= 0.6 is 11.8 Å². The smallest absolute Gasteiger partial charge is 0.251 e. The average molecular weight is 502 g/mol. The number of para-hydroxylation sites is 1. The summed E-state index contributed by atoms with van der Waals surface area (Å²) in [6.45, 7) is 3.80. The fraction of sp³-hybridized carbons (Fsp3) is 0.214. The standard InChI is InChI=1S/C28H27N3O4S/c1-19-6-9-21(10-7-19)28(33)29-12-13-31-16-26(22-4-2-3-5-23(22)31)36-17-27(32)30-15-20-8-11-24-25(14-20)35-18-34-24/h2-11,14,16H,12-13,15,17-18H2,1H3,(H,29,33)(H,30,32). The number of nitrogens with one attached hydrogen (secondary N) is 2. The molecule has 1 aliphatic heterocycles. The second kappa shape index (κ2) is 10.8. The fourth-order valence-corrected chi connectivity index (χ4v) is 4.97. The number of carbonyl (C=O) groups is 2. The van der Waals surface area contributed by atoms with Crippen LogP contribution in [0.15, 0.2) is 77.8 Å². The van der Waals surface area contributed by atoms with Gasteiger partial charge in [0.05, 0.1) is 5.75 Å². The highest BCUT2D eigenvalue weighted by atomic mass is 32.2. The predicted molar refractivity (Wildman–Crippen MR) is 141 cm³/mol. The molecule has 2 heterocycles. The minimum Gasteiger partial charge on any atom is -0.454 e. The second-order valence-corrected chi connectivity index (χ2v) is 9.60. The summed E-state index contributed by atoms with van der Waals surface area (Å²) in [6.07, 6.45) is 2.05. The molecule has 5 rings (SSSR count). The van der Waals surface area contributed by atoms with Crippen LogP contribution in [0.4, 0.5) is 0 Å². The number of carbonyl (C=O) groups excluding carboxylic acids is 2. The van der Waals surface area contributed by atoms with Crippen LogP contribution in [0.25, 0.3) is 10.9 Å². The number of fused-ring (bicyclic) bond motifs is 2. The van der Waals surface area contributed by atoms with E-state index in [0.29, 0.717) is 36.7 Å². The van der Waals surface area contributed by atoms with Gasteiger partial charge >= 0.3 is 0 Å². The first-order chi connectivity index (χ1) is 17.6. The first-order valence-corrected chi connectivity index (χ1v) is 12.8. The lowest BCUT2D eigenvalue weighted by molar-refractivity contribution is -0.118. The van der Waals surface area contributed by atoms with Crippen molar-refractivity contribution in [1.29, 1.82) is 0 Å². The number of hydrogen-bond acceptors (Lipinski definition) is 5. The normalized spacial score (nSPS) is 12.0. The molecule has 2 N–H and O–H groups in total. The van der Waals surface area contributed by atoms with Crippen LogP contribution in [-0.4, -0.2) is 35.5 Å². The van der Waals surface area contributed by atoms with Gasteiger partial charge in [0.1, 0.15) is 0 Å². The molecule has 0 unspecified atom stereocenters. The van der Waals surface area contributed by atoms with Crippen LogP contribution in [0.1, 0.15) is 21.5 Å². The van der Waals surface area contributed by atoms with Gasteiger partial charge < -0.3 is 24.7 Å². The molecule has 3 aromatic carbocycles. The summed E-state index contributed by atoms with van der Waals surface area (Å²) < 4.78 is 12.8. The minimum absolute atomic E-state index is 0.0418. The van der Waals surface area contributed by atoms with E-state index in [1.165, 1.54) is 11.8 Å². The molecular weight excluding hydrogens is 474 g/mol. The van der Waals surface area contributed by atoms with Gasteiger partial charge in [-0.05, 0) is 42.8 Å². The molecule has 0 atom stereocenters. The Morgan fingerprint density at radius 3 is 2.64 bits per heavy atom. The SMILES string of the molecule is Cc1ccc(C(=O)NCCn2cc(SCC(=O)NCc3ccc4c(c3)OCO4)c3ccccc32)cc1. The molecular formula is C28H27N3O4S. The lowest BCUT2D eigenvalue weighted by Crippen LogP contribution is -2.27. The van der Waals surface area contributed by atoms with E-state index < -0.39 is 0 Å². The fourth-order valence-electron chi connectivity index (χ4n) is 4.06. The van der Waals surface area contributed by atoms with E-state index >= 15 is 0 Å². The van der Waals surface area contributed by atoms with Crippen molar-refractivity contribution in [2.75, 3.05) is 19.1 Å². The Kier molecular flexibility index (Phi) is 7.13. The van der Waals surface area contributed by atoms with Gasteiger partial charge in [-0.3, -0.25) is 9.59 Å². The molecule has 2 amide bonds. The summed E-state index contributed by atoms with van der Waals surface area (Å²) in [6, 6.07) is 21.3.